The molecule has 0 fully saturated rings. The maximum atomic E-state index is 12.7. The van der Waals surface area contributed by atoms with Crippen molar-refractivity contribution in [2.45, 2.75) is 186 Å². The molecule has 4 atom stereocenters. The molecule has 77 heavy (non-hydrogen) atoms. The fourth-order valence-electron chi connectivity index (χ4n) is 7.67. The summed E-state index contributed by atoms with van der Waals surface area (Å²) in [7, 11) is 0. The molecule has 0 amide bonds. The molecular formula is C57H112O16Te4+4. The van der Waals surface area contributed by atoms with Crippen LogP contribution in [0.5, 0.6) is 0 Å². The van der Waals surface area contributed by atoms with Crippen molar-refractivity contribution in [2.75, 3.05) is 132 Å². The van der Waals surface area contributed by atoms with Gasteiger partial charge in [0.1, 0.15) is 0 Å². The van der Waals surface area contributed by atoms with E-state index in [0.29, 0.717) is 132 Å². The van der Waals surface area contributed by atoms with E-state index in [4.69, 9.17) is 56.8 Å². The molecule has 0 aromatic carbocycles. The molecule has 0 heterocycles. The van der Waals surface area contributed by atoms with Gasteiger partial charge in [0.25, 0.3) is 0 Å². The minimum atomic E-state index is -1.79. The first-order chi connectivity index (χ1) is 37.3. The predicted molar refractivity (Wildman–Crippen MR) is 314 cm³/mol. The molecule has 0 spiro atoms. The van der Waals surface area contributed by atoms with Crippen molar-refractivity contribution in [3.8, 4) is 0 Å². The first-order valence-electron chi connectivity index (χ1n) is 29.2. The summed E-state index contributed by atoms with van der Waals surface area (Å²) in [5.41, 5.74) is -0.687. The number of ether oxygens (including phenoxy) is 12. The van der Waals surface area contributed by atoms with Crippen molar-refractivity contribution in [1.82, 2.24) is 0 Å². The van der Waals surface area contributed by atoms with Crippen molar-refractivity contribution in [2.24, 2.45) is 5.41 Å². The van der Waals surface area contributed by atoms with Gasteiger partial charge in [0.2, 0.25) is 0 Å². The Hall–Kier alpha value is 0.718. The molecule has 0 aromatic heterocycles. The van der Waals surface area contributed by atoms with E-state index >= 15 is 0 Å². The molecule has 0 rings (SSSR count). The quantitative estimate of drug-likeness (QED) is 0.0243. The van der Waals surface area contributed by atoms with E-state index in [2.05, 4.69) is 27.7 Å². The summed E-state index contributed by atoms with van der Waals surface area (Å²) in [5.74, 6) is -0.306. The van der Waals surface area contributed by atoms with Crippen LogP contribution in [0.25, 0.3) is 0 Å². The van der Waals surface area contributed by atoms with E-state index in [1.165, 1.54) is 0 Å². The Morgan fingerprint density at radius 1 is 0.299 bits per heavy atom. The Kier molecular flexibility index (Phi) is 53.9. The summed E-state index contributed by atoms with van der Waals surface area (Å²) in [6.07, 6.45) is 8.89. The van der Waals surface area contributed by atoms with Crippen LogP contribution in [0, 0.1) is 5.41 Å². The third-order valence-electron chi connectivity index (χ3n) is 12.6. The number of carbonyl (C=O) groups is 4. The topological polar surface area (TPSA) is 179 Å². The standard InChI is InChI=1S/C57H112O16Te4/c1-13-21-37-74(49(9)53(58)70-17-5)41-33-62-25-29-66-45-57(46-67-30-26-63-34-42-75(38-22-14-2)50(10)54(59)71-18-6,47-68-31-27-64-35-43-76(39-23-15-3)51(11)55(60)72-19-7)48-69-32-28-65-36-44-77(40-24-16-4)52(12)56(61)73-20-8/h49-52H,13-48H2,1-12H3/q+4. The van der Waals surface area contributed by atoms with Crippen molar-refractivity contribution >= 4 is 102 Å². The molecule has 0 aliphatic carbocycles. The van der Waals surface area contributed by atoms with Crippen LogP contribution in [0.15, 0.2) is 0 Å². The zero-order valence-electron chi connectivity index (χ0n) is 50.4. The Balaban J connectivity index is 6.12. The van der Waals surface area contributed by atoms with Gasteiger partial charge in [-0.05, 0) is 0 Å². The Bertz CT molecular complexity index is 1220. The fourth-order valence-corrected chi connectivity index (χ4v) is 33.3. The van der Waals surface area contributed by atoms with Crippen LogP contribution in [0.1, 0.15) is 134 Å². The van der Waals surface area contributed by atoms with Gasteiger partial charge in [0, 0.05) is 0 Å². The minimum absolute atomic E-state index is 0.0215. The number of hydrogen-bond donors (Lipinski definition) is 0. The molecule has 0 bridgehead atoms. The molecular weight excluding hydrogens is 1450 g/mol. The molecule has 0 aliphatic heterocycles. The number of unbranched alkanes of at least 4 members (excludes halogenated alkanes) is 4. The molecule has 20 heteroatoms. The van der Waals surface area contributed by atoms with Gasteiger partial charge in [-0.3, -0.25) is 0 Å². The maximum absolute atomic E-state index is 12.7. The number of rotatable bonds is 56. The van der Waals surface area contributed by atoms with Crippen molar-refractivity contribution in [3.63, 3.8) is 0 Å². The average molecular weight is 1560 g/mol. The summed E-state index contributed by atoms with van der Waals surface area (Å²) in [6, 6.07) is 0. The predicted octanol–water partition coefficient (Wildman–Crippen LogP) is 11.1. The van der Waals surface area contributed by atoms with Crippen LogP contribution in [0.3, 0.4) is 0 Å². The summed E-state index contributed by atoms with van der Waals surface area (Å²) < 4.78 is 79.9. The van der Waals surface area contributed by atoms with E-state index in [1.807, 2.05) is 55.4 Å². The van der Waals surface area contributed by atoms with Gasteiger partial charge in [-0.2, -0.15) is 0 Å². The van der Waals surface area contributed by atoms with Crippen LogP contribution in [0.4, 0.5) is 0 Å². The van der Waals surface area contributed by atoms with Crippen LogP contribution >= 0.6 is 0 Å². The molecule has 16 nitrogen and oxygen atoms in total. The first-order valence-corrected chi connectivity index (χ1v) is 47.8. The van der Waals surface area contributed by atoms with Gasteiger partial charge in [-0.25, -0.2) is 0 Å². The van der Waals surface area contributed by atoms with Crippen LogP contribution in [0.2, 0.25) is 51.6 Å². The second kappa shape index (κ2) is 53.4. The monoisotopic (exact) mass is 1570 g/mol. The Morgan fingerprint density at radius 3 is 0.675 bits per heavy atom. The number of hydrogen-bond acceptors (Lipinski definition) is 16. The number of esters is 4. The third-order valence-corrected chi connectivity index (χ3v) is 43.4. The van der Waals surface area contributed by atoms with Gasteiger partial charge in [-0.15, -0.1) is 0 Å². The summed E-state index contributed by atoms with van der Waals surface area (Å²) in [5, 5.41) is 0. The molecule has 456 valence electrons. The summed E-state index contributed by atoms with van der Waals surface area (Å²) >= 11 is -7.16. The average Bonchev–Trinajstić information content (AvgIpc) is 3.42. The van der Waals surface area contributed by atoms with Gasteiger partial charge in [0.05, 0.1) is 0 Å². The van der Waals surface area contributed by atoms with E-state index in [0.717, 1.165) is 87.1 Å². The van der Waals surface area contributed by atoms with Crippen LogP contribution < -0.4 is 0 Å². The van der Waals surface area contributed by atoms with Crippen molar-refractivity contribution < 1.29 is 76.0 Å². The van der Waals surface area contributed by atoms with Gasteiger partial charge in [0.15, 0.2) is 0 Å². The summed E-state index contributed by atoms with van der Waals surface area (Å²) in [6.45, 7) is 32.6. The Morgan fingerprint density at radius 2 is 0.494 bits per heavy atom. The van der Waals surface area contributed by atoms with E-state index < -0.39 is 83.6 Å². The molecule has 4 unspecified atom stereocenters. The molecule has 0 N–H and O–H groups in total. The molecule has 0 aromatic rings. The van der Waals surface area contributed by atoms with Crippen molar-refractivity contribution in [3.05, 3.63) is 0 Å². The van der Waals surface area contributed by atoms with E-state index in [-0.39, 0.29) is 39.7 Å². The zero-order valence-corrected chi connectivity index (χ0v) is 59.8. The second-order valence-corrected chi connectivity index (χ2v) is 48.6. The van der Waals surface area contributed by atoms with Gasteiger partial charge in [-0.1, -0.05) is 0 Å². The van der Waals surface area contributed by atoms with E-state index in [1.54, 1.807) is 0 Å². The van der Waals surface area contributed by atoms with Gasteiger partial charge >= 0.3 is 502 Å². The molecule has 0 saturated carbocycles. The molecule has 0 radical (unpaired) electrons. The second-order valence-electron chi connectivity index (χ2n) is 18.9. The van der Waals surface area contributed by atoms with Crippen LogP contribution in [-0.4, -0.2) is 234 Å². The number of carbonyl (C=O) groups excluding carboxylic acids is 4. The van der Waals surface area contributed by atoms with Crippen molar-refractivity contribution in [1.29, 1.82) is 0 Å². The van der Waals surface area contributed by atoms with Gasteiger partial charge < -0.3 is 0 Å². The first kappa shape index (κ1) is 77.7. The molecule has 0 saturated heterocycles. The summed E-state index contributed by atoms with van der Waals surface area (Å²) in [4.78, 5) is 50.6. The fraction of sp³-hybridized carbons (Fsp3) is 0.930. The normalized spacial score (nSPS) is 14.2. The zero-order chi connectivity index (χ0) is 57.4. The third kappa shape index (κ3) is 39.1. The molecule has 0 aliphatic rings. The Labute approximate surface area is 497 Å². The van der Waals surface area contributed by atoms with Crippen LogP contribution in [-0.2, 0) is 76.0 Å². The SMILES string of the molecule is CCCC[Te+](CCOCCOCC(COCCOCC[Te+](CCCC)C(C)C(=O)OCC)(COCCOCC[Te+](CCCC)C(C)C(=O)OCC)COCCOCC[Te+](CCCC)C(C)C(=O)OCC)C(C)C(=O)OCC. The van der Waals surface area contributed by atoms with E-state index in [9.17, 15) is 19.2 Å².